The van der Waals surface area contributed by atoms with Crippen molar-refractivity contribution < 1.29 is 14.7 Å². The van der Waals surface area contributed by atoms with Gasteiger partial charge in [-0.05, 0) is 19.1 Å². The molecule has 0 saturated carbocycles. The van der Waals surface area contributed by atoms with Crippen LogP contribution in [0.3, 0.4) is 0 Å². The smallest absolute Gasteiger partial charge is 0.337 e. The number of carboxylic acid groups (broad SMARTS) is 1. The van der Waals surface area contributed by atoms with Crippen LogP contribution in [0.4, 0.5) is 0 Å². The van der Waals surface area contributed by atoms with Gasteiger partial charge in [-0.15, -0.1) is 0 Å². The molecule has 0 fully saturated rings. The zero-order chi connectivity index (χ0) is 15.1. The molecule has 0 atom stereocenters. The maximum atomic E-state index is 10.8. The highest BCUT2D eigenvalue weighted by molar-refractivity contribution is 6.33. The third kappa shape index (κ3) is 4.60. The lowest BCUT2D eigenvalue weighted by molar-refractivity contribution is 0.0696. The number of rotatable bonds is 2. The first-order valence-electron chi connectivity index (χ1n) is 5.36. The Kier molecular flexibility index (Phi) is 6.09. The number of halogens is 2. The maximum Gasteiger partial charge on any atom is 0.337 e. The third-order valence-corrected chi connectivity index (χ3v) is 2.76. The van der Waals surface area contributed by atoms with E-state index in [1.165, 1.54) is 31.6 Å². The van der Waals surface area contributed by atoms with Gasteiger partial charge in [0.2, 0.25) is 0 Å². The molecule has 0 radical (unpaired) electrons. The number of hydrogen-bond donors (Lipinski definition) is 1. The number of Topliss-reactive ketones (excluding diaryl/α,β-unsaturated/α-hetero) is 1. The van der Waals surface area contributed by atoms with Crippen LogP contribution in [-0.2, 0) is 0 Å². The van der Waals surface area contributed by atoms with Gasteiger partial charge in [-0.3, -0.25) is 14.8 Å². The summed E-state index contributed by atoms with van der Waals surface area (Å²) in [7, 11) is 0. The van der Waals surface area contributed by atoms with Gasteiger partial charge in [-0.1, -0.05) is 23.2 Å². The molecule has 0 bridgehead atoms. The Hall–Kier alpha value is -1.98. The van der Waals surface area contributed by atoms with E-state index in [1.807, 2.05) is 0 Å². The lowest BCUT2D eigenvalue weighted by atomic mass is 10.2. The molecule has 2 aromatic rings. The predicted octanol–water partition coefficient (Wildman–Crippen LogP) is 3.37. The second-order valence-corrected chi connectivity index (χ2v) is 4.39. The third-order valence-electron chi connectivity index (χ3n) is 2.15. The van der Waals surface area contributed by atoms with Crippen LogP contribution >= 0.6 is 23.2 Å². The highest BCUT2D eigenvalue weighted by atomic mass is 35.5. The Morgan fingerprint density at radius 2 is 1.45 bits per heavy atom. The number of carboxylic acids is 1. The fourth-order valence-corrected chi connectivity index (χ4v) is 1.66. The van der Waals surface area contributed by atoms with Crippen LogP contribution < -0.4 is 0 Å². The van der Waals surface area contributed by atoms with Crippen LogP contribution in [0.25, 0.3) is 0 Å². The van der Waals surface area contributed by atoms with Gasteiger partial charge in [-0.2, -0.15) is 0 Å². The minimum absolute atomic E-state index is 0.0348. The van der Waals surface area contributed by atoms with Gasteiger partial charge in [0.1, 0.15) is 0 Å². The Labute approximate surface area is 125 Å². The predicted molar refractivity (Wildman–Crippen MR) is 75.5 cm³/mol. The molecule has 0 aliphatic carbocycles. The number of hydrogen-bond acceptors (Lipinski definition) is 4. The number of carbonyl (C=O) groups excluding carboxylic acids is 1. The molecule has 0 aromatic carbocycles. The van der Waals surface area contributed by atoms with E-state index in [1.54, 1.807) is 12.3 Å². The quantitative estimate of drug-likeness (QED) is 0.860. The van der Waals surface area contributed by atoms with Gasteiger partial charge in [0.15, 0.2) is 5.78 Å². The molecule has 7 heteroatoms. The monoisotopic (exact) mass is 312 g/mol. The van der Waals surface area contributed by atoms with E-state index in [0.717, 1.165) is 0 Å². The normalized spacial score (nSPS) is 9.35. The molecule has 0 amide bonds. The lowest BCUT2D eigenvalue weighted by Gasteiger charge is -1.94. The second kappa shape index (κ2) is 7.57. The second-order valence-electron chi connectivity index (χ2n) is 3.57. The number of ketones is 1. The molecular formula is C13H10Cl2N2O3. The highest BCUT2D eigenvalue weighted by Gasteiger charge is 2.05. The summed E-state index contributed by atoms with van der Waals surface area (Å²) in [6.45, 7) is 1.47. The first-order chi connectivity index (χ1) is 9.43. The van der Waals surface area contributed by atoms with E-state index in [-0.39, 0.29) is 16.4 Å². The molecule has 2 aromatic heterocycles. The minimum Gasteiger partial charge on any atom is -0.478 e. The molecule has 0 spiro atoms. The molecule has 20 heavy (non-hydrogen) atoms. The number of carbonyl (C=O) groups is 2. The summed E-state index contributed by atoms with van der Waals surface area (Å²) < 4.78 is 0. The van der Waals surface area contributed by atoms with Crippen molar-refractivity contribution in [2.24, 2.45) is 0 Å². The zero-order valence-corrected chi connectivity index (χ0v) is 11.9. The van der Waals surface area contributed by atoms with Gasteiger partial charge in [0.25, 0.3) is 0 Å². The lowest BCUT2D eigenvalue weighted by Crippen LogP contribution is -1.96. The van der Waals surface area contributed by atoms with Gasteiger partial charge in [0, 0.05) is 30.4 Å². The van der Waals surface area contributed by atoms with E-state index in [9.17, 15) is 9.59 Å². The van der Waals surface area contributed by atoms with Crippen molar-refractivity contribution in [1.82, 2.24) is 9.97 Å². The van der Waals surface area contributed by atoms with Crippen molar-refractivity contribution in [2.45, 2.75) is 6.92 Å². The summed E-state index contributed by atoms with van der Waals surface area (Å²) in [5.41, 5.74) is 0.605. The van der Waals surface area contributed by atoms with Crippen molar-refractivity contribution in [1.29, 1.82) is 0 Å². The summed E-state index contributed by atoms with van der Waals surface area (Å²) in [4.78, 5) is 28.4. The van der Waals surface area contributed by atoms with Crippen LogP contribution in [0.1, 0.15) is 27.6 Å². The van der Waals surface area contributed by atoms with Crippen molar-refractivity contribution in [3.05, 3.63) is 58.1 Å². The fourth-order valence-electron chi connectivity index (χ4n) is 1.21. The largest absolute Gasteiger partial charge is 0.478 e. The fraction of sp³-hybridized carbons (Fsp3) is 0.0769. The number of aromatic carboxylic acids is 1. The Bertz CT molecular complexity index is 577. The summed E-state index contributed by atoms with van der Waals surface area (Å²) in [6, 6.07) is 2.95. The number of pyridine rings is 2. The average Bonchev–Trinajstić information content (AvgIpc) is 2.40. The summed E-state index contributed by atoms with van der Waals surface area (Å²) in [6.07, 6.45) is 5.68. The van der Waals surface area contributed by atoms with Crippen LogP contribution in [0.5, 0.6) is 0 Å². The number of aromatic nitrogens is 2. The topological polar surface area (TPSA) is 80.2 Å². The molecule has 1 N–H and O–H groups in total. The van der Waals surface area contributed by atoms with Crippen molar-refractivity contribution in [3.8, 4) is 0 Å². The van der Waals surface area contributed by atoms with E-state index >= 15 is 0 Å². The molecule has 5 nitrogen and oxygen atoms in total. The van der Waals surface area contributed by atoms with E-state index in [0.29, 0.717) is 10.6 Å². The van der Waals surface area contributed by atoms with Crippen molar-refractivity contribution in [2.75, 3.05) is 0 Å². The standard InChI is InChI=1S/C7H6ClNO.C6H4ClNO2/c1-5(10)6-2-3-9-4-7(6)8;7-5-3-8-2-1-4(5)6(9)10/h2-4H,1H3;1-3H,(H,9,10). The average molecular weight is 313 g/mol. The molecule has 2 heterocycles. The highest BCUT2D eigenvalue weighted by Crippen LogP contribution is 2.13. The van der Waals surface area contributed by atoms with Gasteiger partial charge >= 0.3 is 5.97 Å². The summed E-state index contributed by atoms with van der Waals surface area (Å²) in [5.74, 6) is -1.07. The summed E-state index contributed by atoms with van der Waals surface area (Å²) in [5, 5.41) is 9.03. The zero-order valence-electron chi connectivity index (χ0n) is 10.4. The van der Waals surface area contributed by atoms with E-state index in [2.05, 4.69) is 9.97 Å². The molecule has 0 unspecified atom stereocenters. The number of nitrogens with zero attached hydrogens (tertiary/aromatic N) is 2. The van der Waals surface area contributed by atoms with Crippen LogP contribution in [0.2, 0.25) is 10.0 Å². The Balaban J connectivity index is 0.000000200. The SMILES string of the molecule is CC(=O)c1ccncc1Cl.O=C(O)c1ccncc1Cl. The first-order valence-corrected chi connectivity index (χ1v) is 6.12. The van der Waals surface area contributed by atoms with Gasteiger partial charge in [0.05, 0.1) is 15.6 Å². The molecular weight excluding hydrogens is 303 g/mol. The Morgan fingerprint density at radius 3 is 1.70 bits per heavy atom. The van der Waals surface area contributed by atoms with Crippen LogP contribution in [0.15, 0.2) is 36.9 Å². The summed E-state index contributed by atoms with van der Waals surface area (Å²) >= 11 is 11.1. The van der Waals surface area contributed by atoms with Crippen molar-refractivity contribution in [3.63, 3.8) is 0 Å². The molecule has 104 valence electrons. The molecule has 0 aliphatic heterocycles. The van der Waals surface area contributed by atoms with Crippen LogP contribution in [-0.4, -0.2) is 26.8 Å². The molecule has 0 saturated heterocycles. The molecule has 2 rings (SSSR count). The van der Waals surface area contributed by atoms with Crippen molar-refractivity contribution >= 4 is 35.0 Å². The van der Waals surface area contributed by atoms with E-state index in [4.69, 9.17) is 28.3 Å². The maximum absolute atomic E-state index is 10.8. The van der Waals surface area contributed by atoms with Crippen LogP contribution in [0, 0.1) is 0 Å². The Morgan fingerprint density at radius 1 is 1.00 bits per heavy atom. The van der Waals surface area contributed by atoms with E-state index < -0.39 is 5.97 Å². The first kappa shape index (κ1) is 16.1. The van der Waals surface area contributed by atoms with Gasteiger partial charge < -0.3 is 5.11 Å². The minimum atomic E-state index is -1.03. The van der Waals surface area contributed by atoms with Gasteiger partial charge in [-0.25, -0.2) is 4.79 Å². The molecule has 0 aliphatic rings.